The molecule has 0 bridgehead atoms. The molecule has 0 radical (unpaired) electrons. The van der Waals surface area contributed by atoms with Crippen LogP contribution in [-0.4, -0.2) is 22.2 Å². The Bertz CT molecular complexity index is 1300. The fraction of sp³-hybridized carbons (Fsp3) is 0.227. The predicted molar refractivity (Wildman–Crippen MR) is 123 cm³/mol. The molecule has 3 heterocycles. The average Bonchev–Trinajstić information content (AvgIpc) is 3.48. The van der Waals surface area contributed by atoms with Crippen LogP contribution in [0.5, 0.6) is 5.75 Å². The van der Waals surface area contributed by atoms with Gasteiger partial charge in [0.25, 0.3) is 5.56 Å². The van der Waals surface area contributed by atoms with Crippen LogP contribution in [0.25, 0.3) is 10.2 Å². The quantitative estimate of drug-likeness (QED) is 0.443. The summed E-state index contributed by atoms with van der Waals surface area (Å²) in [6.45, 7) is 0.462. The van der Waals surface area contributed by atoms with Crippen LogP contribution in [0, 0.1) is 0 Å². The molecule has 0 saturated heterocycles. The first-order valence-electron chi connectivity index (χ1n) is 9.69. The van der Waals surface area contributed by atoms with E-state index >= 15 is 0 Å². The lowest BCUT2D eigenvalue weighted by atomic mass is 10.2. The molecule has 4 rings (SSSR count). The van der Waals surface area contributed by atoms with Crippen molar-refractivity contribution in [2.75, 3.05) is 7.11 Å². The van der Waals surface area contributed by atoms with Gasteiger partial charge in [-0.1, -0.05) is 18.2 Å². The highest BCUT2D eigenvalue weighted by Gasteiger charge is 2.16. The molecule has 1 amide bonds. The van der Waals surface area contributed by atoms with Gasteiger partial charge in [-0.2, -0.15) is 0 Å². The van der Waals surface area contributed by atoms with Gasteiger partial charge in [0, 0.05) is 18.0 Å². The molecule has 0 aliphatic carbocycles. The van der Waals surface area contributed by atoms with Gasteiger partial charge in [-0.05, 0) is 47.0 Å². The van der Waals surface area contributed by atoms with Crippen LogP contribution >= 0.6 is 22.7 Å². The van der Waals surface area contributed by atoms with Crippen molar-refractivity contribution < 1.29 is 9.53 Å². The molecule has 0 unspecified atom stereocenters. The van der Waals surface area contributed by atoms with Crippen LogP contribution in [0.4, 0.5) is 0 Å². The van der Waals surface area contributed by atoms with Gasteiger partial charge in [0.15, 0.2) is 0 Å². The number of amides is 1. The third-order valence-electron chi connectivity index (χ3n) is 4.95. The molecule has 1 N–H and O–H groups in total. The molecular weight excluding hydrogens is 434 g/mol. The summed E-state index contributed by atoms with van der Waals surface area (Å²) in [7, 11) is 1.60. The Kier molecular flexibility index (Phi) is 6.34. The molecule has 0 aliphatic rings. The molecule has 4 aromatic rings. The van der Waals surface area contributed by atoms with Gasteiger partial charge in [-0.3, -0.25) is 18.7 Å². The zero-order valence-corrected chi connectivity index (χ0v) is 18.5. The van der Waals surface area contributed by atoms with E-state index in [1.807, 2.05) is 41.8 Å². The van der Waals surface area contributed by atoms with Gasteiger partial charge in [-0.25, -0.2) is 4.79 Å². The minimum absolute atomic E-state index is 0.151. The second kappa shape index (κ2) is 9.32. The van der Waals surface area contributed by atoms with Gasteiger partial charge in [-0.15, -0.1) is 22.7 Å². The number of fused-ring (bicyclic) bond motifs is 1. The summed E-state index contributed by atoms with van der Waals surface area (Å²) in [5, 5.41) is 6.56. The smallest absolute Gasteiger partial charge is 0.332 e. The van der Waals surface area contributed by atoms with Crippen molar-refractivity contribution in [3.05, 3.63) is 84.5 Å². The molecule has 7 nitrogen and oxygen atoms in total. The van der Waals surface area contributed by atoms with Crippen LogP contribution in [-0.2, 0) is 30.8 Å². The molecule has 0 saturated carbocycles. The number of methoxy groups -OCH3 is 1. The van der Waals surface area contributed by atoms with E-state index in [2.05, 4.69) is 5.32 Å². The lowest BCUT2D eigenvalue weighted by Crippen LogP contribution is -2.42. The number of nitrogens with one attached hydrogen (secondary N) is 1. The molecule has 0 spiro atoms. The fourth-order valence-electron chi connectivity index (χ4n) is 3.30. The van der Waals surface area contributed by atoms with E-state index in [-0.39, 0.29) is 24.6 Å². The SMILES string of the molecule is COc1ccc(CNC(=O)Cn2c(=O)n(CCc3cccs3)c(=O)c3sccc32)cc1. The number of hydrogen-bond donors (Lipinski definition) is 1. The van der Waals surface area contributed by atoms with E-state index in [1.165, 1.54) is 20.5 Å². The van der Waals surface area contributed by atoms with Crippen molar-refractivity contribution in [2.45, 2.75) is 26.1 Å². The largest absolute Gasteiger partial charge is 0.497 e. The van der Waals surface area contributed by atoms with Gasteiger partial charge < -0.3 is 10.1 Å². The van der Waals surface area contributed by atoms with Crippen molar-refractivity contribution in [3.63, 3.8) is 0 Å². The molecular formula is C22H21N3O4S2. The summed E-state index contributed by atoms with van der Waals surface area (Å²) < 4.78 is 8.22. The molecule has 0 atom stereocenters. The lowest BCUT2D eigenvalue weighted by molar-refractivity contribution is -0.121. The number of thiophene rings is 2. The minimum atomic E-state index is -0.466. The molecule has 9 heteroatoms. The predicted octanol–water partition coefficient (Wildman–Crippen LogP) is 2.85. The van der Waals surface area contributed by atoms with E-state index in [1.54, 1.807) is 29.9 Å². The van der Waals surface area contributed by atoms with Gasteiger partial charge in [0.05, 0.1) is 12.6 Å². The number of benzene rings is 1. The highest BCUT2D eigenvalue weighted by molar-refractivity contribution is 7.17. The number of nitrogens with zero attached hydrogens (tertiary/aromatic N) is 2. The highest BCUT2D eigenvalue weighted by Crippen LogP contribution is 2.16. The van der Waals surface area contributed by atoms with E-state index in [9.17, 15) is 14.4 Å². The summed E-state index contributed by atoms with van der Waals surface area (Å²) in [5.41, 5.74) is 0.642. The fourth-order valence-corrected chi connectivity index (χ4v) is 4.84. The maximum atomic E-state index is 13.1. The molecule has 31 heavy (non-hydrogen) atoms. The number of hydrogen-bond acceptors (Lipinski definition) is 6. The number of aromatic nitrogens is 2. The zero-order chi connectivity index (χ0) is 21.8. The Labute approximate surface area is 186 Å². The number of aryl methyl sites for hydroxylation is 1. The number of carbonyl (C=O) groups is 1. The average molecular weight is 456 g/mol. The summed E-state index contributed by atoms with van der Waals surface area (Å²) in [6.07, 6.45) is 0.591. The minimum Gasteiger partial charge on any atom is -0.497 e. The van der Waals surface area contributed by atoms with Crippen LogP contribution in [0.2, 0.25) is 0 Å². The monoisotopic (exact) mass is 455 g/mol. The van der Waals surface area contributed by atoms with Crippen molar-refractivity contribution >= 4 is 38.8 Å². The third-order valence-corrected chi connectivity index (χ3v) is 6.78. The second-order valence-corrected chi connectivity index (χ2v) is 8.86. The summed E-state index contributed by atoms with van der Waals surface area (Å²) in [6, 6.07) is 13.0. The topological polar surface area (TPSA) is 82.3 Å². The van der Waals surface area contributed by atoms with Crippen molar-refractivity contribution in [1.29, 1.82) is 0 Å². The van der Waals surface area contributed by atoms with Crippen LogP contribution in [0.15, 0.2) is 62.8 Å². The maximum absolute atomic E-state index is 13.1. The van der Waals surface area contributed by atoms with Gasteiger partial charge in [0.1, 0.15) is 17.0 Å². The Morgan fingerprint density at radius 1 is 1.03 bits per heavy atom. The number of ether oxygens (including phenoxy) is 1. The van der Waals surface area contributed by atoms with Crippen molar-refractivity contribution in [1.82, 2.24) is 14.5 Å². The summed E-state index contributed by atoms with van der Waals surface area (Å²) in [4.78, 5) is 39.6. The Morgan fingerprint density at radius 3 is 2.55 bits per heavy atom. The van der Waals surface area contributed by atoms with E-state index < -0.39 is 5.69 Å². The van der Waals surface area contributed by atoms with Crippen LogP contribution < -0.4 is 21.3 Å². The first-order chi connectivity index (χ1) is 15.1. The standard InChI is InChI=1S/C22H21N3O4S2/c1-29-16-6-4-15(5-7-16)13-23-19(26)14-25-18-9-12-31-20(18)21(27)24(22(25)28)10-8-17-3-2-11-30-17/h2-7,9,11-12H,8,10,13-14H2,1H3,(H,23,26). The molecule has 0 aliphatic heterocycles. The van der Waals surface area contributed by atoms with E-state index in [0.29, 0.717) is 23.2 Å². The molecule has 3 aromatic heterocycles. The Hall–Kier alpha value is -3.17. The molecule has 1 aromatic carbocycles. The van der Waals surface area contributed by atoms with E-state index in [4.69, 9.17) is 4.74 Å². The van der Waals surface area contributed by atoms with Gasteiger partial charge in [0.2, 0.25) is 5.91 Å². The van der Waals surface area contributed by atoms with Crippen molar-refractivity contribution in [3.8, 4) is 5.75 Å². The van der Waals surface area contributed by atoms with Crippen LogP contribution in [0.1, 0.15) is 10.4 Å². The normalized spacial score (nSPS) is 11.0. The first-order valence-corrected chi connectivity index (χ1v) is 11.5. The lowest BCUT2D eigenvalue weighted by Gasteiger charge is -2.12. The molecule has 0 fully saturated rings. The zero-order valence-electron chi connectivity index (χ0n) is 16.9. The van der Waals surface area contributed by atoms with Gasteiger partial charge >= 0.3 is 5.69 Å². The van der Waals surface area contributed by atoms with E-state index in [0.717, 1.165) is 16.2 Å². The summed E-state index contributed by atoms with van der Waals surface area (Å²) in [5.74, 6) is 0.445. The molecule has 160 valence electrons. The number of carbonyl (C=O) groups excluding carboxylic acids is 1. The second-order valence-electron chi connectivity index (χ2n) is 6.91. The number of rotatable bonds is 8. The first kappa shape index (κ1) is 21.1. The maximum Gasteiger partial charge on any atom is 0.332 e. The Morgan fingerprint density at radius 2 is 1.84 bits per heavy atom. The van der Waals surface area contributed by atoms with Crippen molar-refractivity contribution in [2.24, 2.45) is 0 Å². The van der Waals surface area contributed by atoms with Crippen LogP contribution in [0.3, 0.4) is 0 Å². The third kappa shape index (κ3) is 4.62. The Balaban J connectivity index is 1.54. The highest BCUT2D eigenvalue weighted by atomic mass is 32.1. The summed E-state index contributed by atoms with van der Waals surface area (Å²) >= 11 is 2.87.